The fourth-order valence-corrected chi connectivity index (χ4v) is 3.24. The standard InChI is InChI=1S/C18H18FN5O2/c1-26-18(25)13-5-7-21-10-15(13)22-17-14-8-11(19)2-3-16(14)24(23-17)12-4-6-20-9-12/h2-3,5,7-8,10,12,20H,4,6,9H2,1H3,(H,22,23)/t12-/m1/s1. The molecule has 0 radical (unpaired) electrons. The summed E-state index contributed by atoms with van der Waals surface area (Å²) in [5.41, 5.74) is 1.63. The Morgan fingerprint density at radius 1 is 1.42 bits per heavy atom. The van der Waals surface area contributed by atoms with Gasteiger partial charge in [-0.2, -0.15) is 5.10 Å². The van der Waals surface area contributed by atoms with E-state index < -0.39 is 5.97 Å². The van der Waals surface area contributed by atoms with E-state index in [1.54, 1.807) is 12.1 Å². The molecule has 0 aliphatic carbocycles. The highest BCUT2D eigenvalue weighted by Crippen LogP contribution is 2.31. The first kappa shape index (κ1) is 16.5. The van der Waals surface area contributed by atoms with Gasteiger partial charge in [-0.25, -0.2) is 9.18 Å². The first-order valence-electron chi connectivity index (χ1n) is 8.35. The second-order valence-corrected chi connectivity index (χ2v) is 6.14. The quantitative estimate of drug-likeness (QED) is 0.700. The van der Waals surface area contributed by atoms with Crippen molar-refractivity contribution >= 4 is 28.4 Å². The Morgan fingerprint density at radius 2 is 2.31 bits per heavy atom. The van der Waals surface area contributed by atoms with E-state index in [4.69, 9.17) is 4.74 Å². The van der Waals surface area contributed by atoms with Crippen LogP contribution in [-0.4, -0.2) is 40.9 Å². The predicted molar refractivity (Wildman–Crippen MR) is 95.1 cm³/mol. The maximum absolute atomic E-state index is 13.8. The molecule has 0 amide bonds. The molecule has 8 heteroatoms. The van der Waals surface area contributed by atoms with Crippen molar-refractivity contribution in [2.75, 3.05) is 25.5 Å². The van der Waals surface area contributed by atoms with Gasteiger partial charge in [-0.05, 0) is 37.2 Å². The first-order valence-corrected chi connectivity index (χ1v) is 8.35. The van der Waals surface area contributed by atoms with E-state index >= 15 is 0 Å². The fraction of sp³-hybridized carbons (Fsp3) is 0.278. The van der Waals surface area contributed by atoms with Crippen LogP contribution in [0.25, 0.3) is 10.9 Å². The number of nitrogens with one attached hydrogen (secondary N) is 2. The molecule has 2 aromatic heterocycles. The van der Waals surface area contributed by atoms with Gasteiger partial charge < -0.3 is 15.4 Å². The summed E-state index contributed by atoms with van der Waals surface area (Å²) in [6, 6.07) is 6.36. The van der Waals surface area contributed by atoms with Crippen LogP contribution in [0.3, 0.4) is 0 Å². The maximum atomic E-state index is 13.8. The number of carbonyl (C=O) groups is 1. The zero-order valence-electron chi connectivity index (χ0n) is 14.2. The van der Waals surface area contributed by atoms with E-state index in [0.717, 1.165) is 25.0 Å². The minimum absolute atomic E-state index is 0.201. The highest BCUT2D eigenvalue weighted by Gasteiger charge is 2.22. The molecule has 1 fully saturated rings. The maximum Gasteiger partial charge on any atom is 0.340 e. The number of pyridine rings is 1. The van der Waals surface area contributed by atoms with Crippen LogP contribution in [0, 0.1) is 5.82 Å². The molecule has 3 aromatic rings. The second-order valence-electron chi connectivity index (χ2n) is 6.14. The van der Waals surface area contributed by atoms with E-state index in [2.05, 4.69) is 20.7 Å². The van der Waals surface area contributed by atoms with Crippen molar-refractivity contribution in [3.05, 3.63) is 48.0 Å². The number of fused-ring (bicyclic) bond motifs is 1. The molecule has 3 heterocycles. The topological polar surface area (TPSA) is 81.1 Å². The molecule has 1 saturated heterocycles. The Labute approximate surface area is 149 Å². The first-order chi connectivity index (χ1) is 12.7. The largest absolute Gasteiger partial charge is 0.465 e. The van der Waals surface area contributed by atoms with Crippen LogP contribution in [0.2, 0.25) is 0 Å². The van der Waals surface area contributed by atoms with Gasteiger partial charge in [0.05, 0.1) is 36.1 Å². The van der Waals surface area contributed by atoms with Crippen LogP contribution < -0.4 is 10.6 Å². The number of halogens is 1. The lowest BCUT2D eigenvalue weighted by atomic mass is 10.2. The van der Waals surface area contributed by atoms with Crippen LogP contribution >= 0.6 is 0 Å². The average molecular weight is 355 g/mol. The number of nitrogens with zero attached hydrogens (tertiary/aromatic N) is 3. The summed E-state index contributed by atoms with van der Waals surface area (Å²) in [6.45, 7) is 1.74. The molecule has 1 aliphatic heterocycles. The van der Waals surface area contributed by atoms with E-state index in [1.807, 2.05) is 4.68 Å². The predicted octanol–water partition coefficient (Wildman–Crippen LogP) is 2.64. The Balaban J connectivity index is 1.80. The molecule has 0 spiro atoms. The molecule has 1 aromatic carbocycles. The van der Waals surface area contributed by atoms with Gasteiger partial charge in [-0.15, -0.1) is 0 Å². The lowest BCUT2D eigenvalue weighted by molar-refractivity contribution is 0.0602. The molecule has 0 unspecified atom stereocenters. The van der Waals surface area contributed by atoms with Gasteiger partial charge in [-0.3, -0.25) is 9.67 Å². The van der Waals surface area contributed by atoms with Crippen molar-refractivity contribution in [2.24, 2.45) is 0 Å². The van der Waals surface area contributed by atoms with E-state index in [-0.39, 0.29) is 11.9 Å². The average Bonchev–Trinajstić information content (AvgIpc) is 3.30. The third-order valence-corrected chi connectivity index (χ3v) is 4.53. The van der Waals surface area contributed by atoms with Crippen LogP contribution in [0.5, 0.6) is 0 Å². The van der Waals surface area contributed by atoms with Gasteiger partial charge in [0, 0.05) is 18.1 Å². The molecular formula is C18H18FN5O2. The molecule has 1 aliphatic rings. The highest BCUT2D eigenvalue weighted by molar-refractivity contribution is 5.98. The minimum Gasteiger partial charge on any atom is -0.465 e. The summed E-state index contributed by atoms with van der Waals surface area (Å²) >= 11 is 0. The zero-order valence-corrected chi connectivity index (χ0v) is 14.2. The monoisotopic (exact) mass is 355 g/mol. The Kier molecular flexibility index (Phi) is 4.26. The number of methoxy groups -OCH3 is 1. The van der Waals surface area contributed by atoms with Gasteiger partial charge in [0.1, 0.15) is 5.82 Å². The molecular weight excluding hydrogens is 337 g/mol. The lowest BCUT2D eigenvalue weighted by Gasteiger charge is -2.10. The molecule has 26 heavy (non-hydrogen) atoms. The second kappa shape index (κ2) is 6.72. The number of hydrogen-bond acceptors (Lipinski definition) is 6. The van der Waals surface area contributed by atoms with Crippen molar-refractivity contribution in [3.63, 3.8) is 0 Å². The smallest absolute Gasteiger partial charge is 0.340 e. The van der Waals surface area contributed by atoms with Gasteiger partial charge in [0.15, 0.2) is 5.82 Å². The third kappa shape index (κ3) is 2.88. The molecule has 7 nitrogen and oxygen atoms in total. The molecule has 0 bridgehead atoms. The van der Waals surface area contributed by atoms with Crippen molar-refractivity contribution < 1.29 is 13.9 Å². The number of hydrogen-bond donors (Lipinski definition) is 2. The van der Waals surface area contributed by atoms with Crippen LogP contribution in [0.1, 0.15) is 22.8 Å². The summed E-state index contributed by atoms with van der Waals surface area (Å²) in [5.74, 6) is -0.349. The van der Waals surface area contributed by atoms with Crippen LogP contribution in [-0.2, 0) is 4.74 Å². The van der Waals surface area contributed by atoms with E-state index in [1.165, 1.54) is 31.6 Å². The van der Waals surface area contributed by atoms with Crippen molar-refractivity contribution in [3.8, 4) is 0 Å². The molecule has 134 valence electrons. The normalized spacial score (nSPS) is 16.8. The molecule has 2 N–H and O–H groups in total. The third-order valence-electron chi connectivity index (χ3n) is 4.53. The molecule has 0 saturated carbocycles. The number of ether oxygens (including phenoxy) is 1. The van der Waals surface area contributed by atoms with Gasteiger partial charge in [-0.1, -0.05) is 0 Å². The van der Waals surface area contributed by atoms with Crippen molar-refractivity contribution in [1.29, 1.82) is 0 Å². The minimum atomic E-state index is -0.482. The summed E-state index contributed by atoms with van der Waals surface area (Å²) in [5, 5.41) is 11.7. The fourth-order valence-electron chi connectivity index (χ4n) is 3.24. The molecule has 1 atom stereocenters. The van der Waals surface area contributed by atoms with Gasteiger partial charge in [0.25, 0.3) is 0 Å². The van der Waals surface area contributed by atoms with Crippen molar-refractivity contribution in [1.82, 2.24) is 20.1 Å². The number of anilines is 2. The van der Waals surface area contributed by atoms with Crippen molar-refractivity contribution in [2.45, 2.75) is 12.5 Å². The number of esters is 1. The SMILES string of the molecule is COC(=O)c1ccncc1Nc1nn([C@@H]2CCNC2)c2ccc(F)cc12. The number of aromatic nitrogens is 3. The zero-order chi connectivity index (χ0) is 18.1. The number of carbonyl (C=O) groups excluding carboxylic acids is 1. The summed E-state index contributed by atoms with van der Waals surface area (Å²) in [6.07, 6.45) is 3.99. The van der Waals surface area contributed by atoms with Crippen LogP contribution in [0.4, 0.5) is 15.9 Å². The van der Waals surface area contributed by atoms with E-state index in [0.29, 0.717) is 22.5 Å². The molecule has 4 rings (SSSR count). The van der Waals surface area contributed by atoms with Crippen LogP contribution in [0.15, 0.2) is 36.7 Å². The summed E-state index contributed by atoms with van der Waals surface area (Å²) in [7, 11) is 1.32. The summed E-state index contributed by atoms with van der Waals surface area (Å²) < 4.78 is 20.6. The Hall–Kier alpha value is -3.00. The van der Waals surface area contributed by atoms with Gasteiger partial charge >= 0.3 is 5.97 Å². The number of rotatable bonds is 4. The van der Waals surface area contributed by atoms with E-state index in [9.17, 15) is 9.18 Å². The Morgan fingerprint density at radius 3 is 3.08 bits per heavy atom. The number of benzene rings is 1. The van der Waals surface area contributed by atoms with Gasteiger partial charge in [0.2, 0.25) is 0 Å². The lowest BCUT2D eigenvalue weighted by Crippen LogP contribution is -2.14. The Bertz CT molecular complexity index is 965. The summed E-state index contributed by atoms with van der Waals surface area (Å²) in [4.78, 5) is 16.0. The highest BCUT2D eigenvalue weighted by atomic mass is 19.1.